The molecule has 0 spiro atoms. The van der Waals surface area contributed by atoms with Crippen molar-refractivity contribution in [1.82, 2.24) is 4.57 Å². The summed E-state index contributed by atoms with van der Waals surface area (Å²) in [5.41, 5.74) is 3.02. The number of esters is 1. The highest BCUT2D eigenvalue weighted by atomic mass is 16.5. The van der Waals surface area contributed by atoms with E-state index in [4.69, 9.17) is 18.9 Å². The maximum Gasteiger partial charge on any atom is 0.331 e. The van der Waals surface area contributed by atoms with Crippen LogP contribution in [0.25, 0.3) is 6.08 Å². The van der Waals surface area contributed by atoms with E-state index >= 15 is 0 Å². The summed E-state index contributed by atoms with van der Waals surface area (Å²) in [6.45, 7) is 3.45. The van der Waals surface area contributed by atoms with Gasteiger partial charge in [0.05, 0.1) is 21.3 Å². The molecule has 0 fully saturated rings. The molecule has 0 unspecified atom stereocenters. The van der Waals surface area contributed by atoms with Gasteiger partial charge in [0.2, 0.25) is 11.5 Å². The normalized spacial score (nSPS) is 10.8. The summed E-state index contributed by atoms with van der Waals surface area (Å²) in [7, 11) is 6.42. The van der Waals surface area contributed by atoms with Crippen molar-refractivity contribution >= 4 is 17.8 Å². The number of carbonyl (C=O) groups is 2. The first kappa shape index (κ1) is 21.1. The van der Waals surface area contributed by atoms with E-state index in [-0.39, 0.29) is 12.4 Å². The summed E-state index contributed by atoms with van der Waals surface area (Å²) < 4.78 is 22.8. The first-order valence-corrected chi connectivity index (χ1v) is 8.63. The molecule has 0 radical (unpaired) electrons. The quantitative estimate of drug-likeness (QED) is 0.394. The van der Waals surface area contributed by atoms with Crippen LogP contribution in [0.4, 0.5) is 0 Å². The van der Waals surface area contributed by atoms with E-state index in [1.807, 2.05) is 25.5 Å². The minimum absolute atomic E-state index is 0.240. The summed E-state index contributed by atoms with van der Waals surface area (Å²) in [4.78, 5) is 24.3. The first-order valence-electron chi connectivity index (χ1n) is 8.63. The minimum Gasteiger partial charge on any atom is -0.493 e. The van der Waals surface area contributed by atoms with Crippen LogP contribution in [0, 0.1) is 13.8 Å². The molecule has 0 saturated carbocycles. The van der Waals surface area contributed by atoms with Gasteiger partial charge in [-0.15, -0.1) is 0 Å². The molecule has 1 heterocycles. The maximum absolute atomic E-state index is 12.3. The number of benzene rings is 1. The number of nitrogens with zero attached hydrogens (tertiary/aromatic N) is 1. The van der Waals surface area contributed by atoms with E-state index in [1.165, 1.54) is 27.4 Å². The average Bonchev–Trinajstić information content (AvgIpc) is 2.96. The largest absolute Gasteiger partial charge is 0.493 e. The van der Waals surface area contributed by atoms with Crippen LogP contribution < -0.4 is 14.2 Å². The Kier molecular flexibility index (Phi) is 6.87. The molecule has 7 nitrogen and oxygen atoms in total. The van der Waals surface area contributed by atoms with Crippen LogP contribution in [0.5, 0.6) is 17.2 Å². The van der Waals surface area contributed by atoms with Crippen LogP contribution >= 0.6 is 0 Å². The van der Waals surface area contributed by atoms with Crippen molar-refractivity contribution in [2.24, 2.45) is 7.05 Å². The van der Waals surface area contributed by atoms with Gasteiger partial charge in [-0.1, -0.05) is 0 Å². The van der Waals surface area contributed by atoms with Crippen LogP contribution in [-0.2, 0) is 16.6 Å². The van der Waals surface area contributed by atoms with Crippen LogP contribution in [0.15, 0.2) is 24.3 Å². The number of ketones is 1. The zero-order valence-corrected chi connectivity index (χ0v) is 17.0. The Hall–Kier alpha value is -3.22. The molecule has 150 valence electrons. The van der Waals surface area contributed by atoms with E-state index in [0.29, 0.717) is 28.4 Å². The Morgan fingerprint density at radius 3 is 2.07 bits per heavy atom. The second-order valence-corrected chi connectivity index (χ2v) is 6.17. The Balaban J connectivity index is 2.05. The van der Waals surface area contributed by atoms with E-state index in [0.717, 1.165) is 11.4 Å². The van der Waals surface area contributed by atoms with Gasteiger partial charge in [0, 0.05) is 30.1 Å². The summed E-state index contributed by atoms with van der Waals surface area (Å²) in [6.07, 6.45) is 2.80. The first-order chi connectivity index (χ1) is 13.3. The van der Waals surface area contributed by atoms with Crippen molar-refractivity contribution in [1.29, 1.82) is 0 Å². The van der Waals surface area contributed by atoms with E-state index < -0.39 is 5.97 Å². The van der Waals surface area contributed by atoms with Crippen molar-refractivity contribution in [3.8, 4) is 17.2 Å². The highest BCUT2D eigenvalue weighted by Crippen LogP contribution is 2.38. The second kappa shape index (κ2) is 9.12. The fourth-order valence-corrected chi connectivity index (χ4v) is 2.76. The number of ether oxygens (including phenoxy) is 4. The van der Waals surface area contributed by atoms with Crippen molar-refractivity contribution in [3.05, 3.63) is 46.8 Å². The molecule has 0 atom stereocenters. The van der Waals surface area contributed by atoms with Gasteiger partial charge in [0.15, 0.2) is 18.1 Å². The third-order valence-electron chi connectivity index (χ3n) is 4.52. The van der Waals surface area contributed by atoms with Crippen LogP contribution in [0.1, 0.15) is 27.3 Å². The summed E-state index contributed by atoms with van der Waals surface area (Å²) in [6, 6.07) is 5.19. The Morgan fingerprint density at radius 2 is 1.61 bits per heavy atom. The van der Waals surface area contributed by atoms with E-state index in [9.17, 15) is 9.59 Å². The number of rotatable bonds is 8. The van der Waals surface area contributed by atoms with Gasteiger partial charge in [-0.2, -0.15) is 0 Å². The third kappa shape index (κ3) is 4.54. The molecular formula is C21H25NO6. The van der Waals surface area contributed by atoms with Gasteiger partial charge in [-0.3, -0.25) is 4.79 Å². The lowest BCUT2D eigenvalue weighted by Crippen LogP contribution is -2.13. The van der Waals surface area contributed by atoms with Gasteiger partial charge >= 0.3 is 5.97 Å². The van der Waals surface area contributed by atoms with Crippen molar-refractivity contribution in [2.45, 2.75) is 13.8 Å². The number of hydrogen-bond donors (Lipinski definition) is 0. The molecule has 0 amide bonds. The topological polar surface area (TPSA) is 76.0 Å². The fourth-order valence-electron chi connectivity index (χ4n) is 2.76. The maximum atomic E-state index is 12.3. The molecule has 2 aromatic rings. The van der Waals surface area contributed by atoms with Crippen molar-refractivity contribution in [2.75, 3.05) is 27.9 Å². The highest BCUT2D eigenvalue weighted by Gasteiger charge is 2.16. The van der Waals surface area contributed by atoms with Gasteiger partial charge in [-0.05, 0) is 43.7 Å². The Bertz CT molecular complexity index is 885. The molecule has 0 bridgehead atoms. The number of hydrogen-bond acceptors (Lipinski definition) is 6. The fraction of sp³-hybridized carbons (Fsp3) is 0.333. The summed E-state index contributed by atoms with van der Waals surface area (Å²) in [5, 5.41) is 0. The minimum atomic E-state index is -0.618. The van der Waals surface area contributed by atoms with Crippen molar-refractivity contribution < 1.29 is 28.5 Å². The van der Waals surface area contributed by atoms with Gasteiger partial charge in [-0.25, -0.2) is 4.79 Å². The number of aromatic nitrogens is 1. The predicted molar refractivity (Wildman–Crippen MR) is 105 cm³/mol. The SMILES string of the molecule is COc1cc(/C=C/C(=O)OCC(=O)c2cc(C)n(C)c2C)cc(OC)c1OC. The molecule has 7 heteroatoms. The zero-order chi connectivity index (χ0) is 20.8. The third-order valence-corrected chi connectivity index (χ3v) is 4.52. The highest BCUT2D eigenvalue weighted by molar-refractivity contribution is 6.00. The molecule has 28 heavy (non-hydrogen) atoms. The molecule has 1 aromatic carbocycles. The van der Waals surface area contributed by atoms with Crippen LogP contribution in [0.2, 0.25) is 0 Å². The zero-order valence-electron chi connectivity index (χ0n) is 17.0. The molecule has 0 aliphatic carbocycles. The Labute approximate surface area is 164 Å². The Morgan fingerprint density at radius 1 is 1.00 bits per heavy atom. The number of aryl methyl sites for hydroxylation is 1. The lowest BCUT2D eigenvalue weighted by atomic mass is 10.1. The van der Waals surface area contributed by atoms with E-state index in [1.54, 1.807) is 24.3 Å². The lowest BCUT2D eigenvalue weighted by Gasteiger charge is -2.12. The number of Topliss-reactive ketones (excluding diaryl/α,β-unsaturated/α-hetero) is 1. The molecule has 0 aliphatic rings. The standard InChI is InChI=1S/C21H25NO6/c1-13-9-16(14(2)22(13)3)17(23)12-28-20(24)8-7-15-10-18(25-4)21(27-6)19(11-15)26-5/h7-11H,12H2,1-6H3/b8-7+. The molecular weight excluding hydrogens is 362 g/mol. The van der Waals surface area contributed by atoms with Gasteiger partial charge in [0.25, 0.3) is 0 Å². The molecule has 1 aromatic heterocycles. The molecule has 2 rings (SSSR count). The van der Waals surface area contributed by atoms with E-state index in [2.05, 4.69) is 0 Å². The van der Waals surface area contributed by atoms with Crippen LogP contribution in [-0.4, -0.2) is 44.3 Å². The summed E-state index contributed by atoms with van der Waals surface area (Å²) >= 11 is 0. The van der Waals surface area contributed by atoms with Gasteiger partial charge < -0.3 is 23.5 Å². The molecule has 0 aliphatic heterocycles. The van der Waals surface area contributed by atoms with Crippen molar-refractivity contribution in [3.63, 3.8) is 0 Å². The summed E-state index contributed by atoms with van der Waals surface area (Å²) in [5.74, 6) is 0.548. The smallest absolute Gasteiger partial charge is 0.331 e. The number of carbonyl (C=O) groups excluding carboxylic acids is 2. The monoisotopic (exact) mass is 387 g/mol. The second-order valence-electron chi connectivity index (χ2n) is 6.17. The average molecular weight is 387 g/mol. The molecule has 0 N–H and O–H groups in total. The van der Waals surface area contributed by atoms with Gasteiger partial charge in [0.1, 0.15) is 0 Å². The lowest BCUT2D eigenvalue weighted by molar-refractivity contribution is -0.136. The van der Waals surface area contributed by atoms with Crippen LogP contribution in [0.3, 0.4) is 0 Å². The number of methoxy groups -OCH3 is 3. The molecule has 0 saturated heterocycles. The predicted octanol–water partition coefficient (Wildman–Crippen LogP) is 3.11.